The molecule has 7 heteroatoms. The molecule has 0 bridgehead atoms. The molecule has 0 aliphatic carbocycles. The zero-order chi connectivity index (χ0) is 26.2. The predicted molar refractivity (Wildman–Crippen MR) is 147 cm³/mol. The van der Waals surface area contributed by atoms with Gasteiger partial charge in [-0.2, -0.15) is 10.2 Å². The molecule has 0 aliphatic rings. The van der Waals surface area contributed by atoms with Crippen LogP contribution in [0.25, 0.3) is 16.9 Å². The molecule has 7 nitrogen and oxygen atoms in total. The van der Waals surface area contributed by atoms with E-state index < -0.39 is 12.2 Å². The lowest BCUT2D eigenvalue weighted by Gasteiger charge is -2.18. The third-order valence-electron chi connectivity index (χ3n) is 5.65. The van der Waals surface area contributed by atoms with Crippen LogP contribution in [0.4, 0.5) is 0 Å². The number of carbonyl (C=O) groups is 1. The molecule has 0 fully saturated rings. The lowest BCUT2D eigenvalue weighted by atomic mass is 10.1. The van der Waals surface area contributed by atoms with Crippen molar-refractivity contribution in [3.63, 3.8) is 0 Å². The SMILES string of the molecule is Cc1ccc(-c2nn(-c3ccccc3)cc2/C=N/NC(=O)C(Oc2ccccc2)Oc2ccccc2)cc1. The molecule has 0 saturated heterocycles. The van der Waals surface area contributed by atoms with Gasteiger partial charge in [0, 0.05) is 17.3 Å². The molecule has 5 aromatic rings. The highest BCUT2D eigenvalue weighted by atomic mass is 16.7. The first-order valence-corrected chi connectivity index (χ1v) is 12.1. The van der Waals surface area contributed by atoms with Gasteiger partial charge in [0.1, 0.15) is 17.2 Å². The maximum absolute atomic E-state index is 13.1. The number of carbonyl (C=O) groups excluding carboxylic acids is 1. The predicted octanol–water partition coefficient (Wildman–Crippen LogP) is 5.78. The Balaban J connectivity index is 1.38. The summed E-state index contributed by atoms with van der Waals surface area (Å²) >= 11 is 0. The van der Waals surface area contributed by atoms with Gasteiger partial charge >= 0.3 is 12.2 Å². The Bertz CT molecular complexity index is 1460. The monoisotopic (exact) mass is 502 g/mol. The Labute approximate surface area is 221 Å². The van der Waals surface area contributed by atoms with Crippen LogP contribution in [0.3, 0.4) is 0 Å². The zero-order valence-electron chi connectivity index (χ0n) is 20.8. The quantitative estimate of drug-likeness (QED) is 0.157. The van der Waals surface area contributed by atoms with Crippen molar-refractivity contribution >= 4 is 12.1 Å². The van der Waals surface area contributed by atoms with Crippen molar-refractivity contribution in [3.05, 3.63) is 133 Å². The number of hydrogen-bond acceptors (Lipinski definition) is 5. The van der Waals surface area contributed by atoms with Crippen LogP contribution in [-0.2, 0) is 4.79 Å². The smallest absolute Gasteiger partial charge is 0.323 e. The summed E-state index contributed by atoms with van der Waals surface area (Å²) in [6, 6.07) is 35.9. The average molecular weight is 503 g/mol. The molecule has 0 atom stereocenters. The summed E-state index contributed by atoms with van der Waals surface area (Å²) in [4.78, 5) is 13.1. The summed E-state index contributed by atoms with van der Waals surface area (Å²) in [5, 5.41) is 9.01. The molecule has 1 amide bonds. The fourth-order valence-electron chi connectivity index (χ4n) is 3.73. The third-order valence-corrected chi connectivity index (χ3v) is 5.65. The maximum Gasteiger partial charge on any atom is 0.323 e. The van der Waals surface area contributed by atoms with Crippen LogP contribution in [0.15, 0.2) is 127 Å². The van der Waals surface area contributed by atoms with E-state index in [1.807, 2.05) is 104 Å². The number of aryl methyl sites for hydroxylation is 1. The number of ether oxygens (including phenoxy) is 2. The summed E-state index contributed by atoms with van der Waals surface area (Å²) < 4.78 is 13.4. The van der Waals surface area contributed by atoms with Gasteiger partial charge in [0.2, 0.25) is 0 Å². The molecule has 5 rings (SSSR count). The highest BCUT2D eigenvalue weighted by Gasteiger charge is 2.22. The van der Waals surface area contributed by atoms with E-state index in [1.54, 1.807) is 35.2 Å². The lowest BCUT2D eigenvalue weighted by Crippen LogP contribution is -2.40. The van der Waals surface area contributed by atoms with Crippen LogP contribution in [0.1, 0.15) is 11.1 Å². The number of nitrogens with one attached hydrogen (secondary N) is 1. The van der Waals surface area contributed by atoms with Gasteiger partial charge in [0.15, 0.2) is 0 Å². The van der Waals surface area contributed by atoms with Crippen molar-refractivity contribution in [1.29, 1.82) is 0 Å². The summed E-state index contributed by atoms with van der Waals surface area (Å²) in [6.07, 6.45) is 2.20. The molecule has 1 N–H and O–H groups in total. The van der Waals surface area contributed by atoms with Crippen LogP contribution in [0.2, 0.25) is 0 Å². The second-order valence-corrected chi connectivity index (χ2v) is 8.51. The summed E-state index contributed by atoms with van der Waals surface area (Å²) in [5.74, 6) is 0.443. The van der Waals surface area contributed by atoms with Gasteiger partial charge in [-0.25, -0.2) is 10.1 Å². The molecular weight excluding hydrogens is 476 g/mol. The standard InChI is InChI=1S/C31H26N4O3/c1-23-17-19-24(20-18-23)29-25(22-35(34-29)26-11-5-2-6-12-26)21-32-33-30(36)31(37-27-13-7-3-8-14-27)38-28-15-9-4-10-16-28/h2-22,31H,1H3,(H,33,36)/b32-21+. The molecule has 0 unspecified atom stereocenters. The Morgan fingerprint density at radius 3 is 1.95 bits per heavy atom. The maximum atomic E-state index is 13.1. The number of hydrogen-bond donors (Lipinski definition) is 1. The van der Waals surface area contributed by atoms with Crippen molar-refractivity contribution in [2.24, 2.45) is 5.10 Å². The van der Waals surface area contributed by atoms with E-state index in [1.165, 1.54) is 0 Å². The number of para-hydroxylation sites is 3. The molecule has 0 aliphatic heterocycles. The van der Waals surface area contributed by atoms with Crippen LogP contribution in [0.5, 0.6) is 11.5 Å². The molecular formula is C31H26N4O3. The van der Waals surface area contributed by atoms with E-state index >= 15 is 0 Å². The second-order valence-electron chi connectivity index (χ2n) is 8.51. The normalized spacial score (nSPS) is 11.0. The van der Waals surface area contributed by atoms with Gasteiger partial charge in [-0.05, 0) is 43.3 Å². The fraction of sp³-hybridized carbons (Fsp3) is 0.0645. The molecule has 38 heavy (non-hydrogen) atoms. The summed E-state index contributed by atoms with van der Waals surface area (Å²) in [7, 11) is 0. The van der Waals surface area contributed by atoms with Crippen molar-refractivity contribution in [2.75, 3.05) is 0 Å². The molecule has 0 spiro atoms. The van der Waals surface area contributed by atoms with Crippen molar-refractivity contribution in [2.45, 2.75) is 13.2 Å². The molecule has 4 aromatic carbocycles. The first kappa shape index (κ1) is 24.5. The highest BCUT2D eigenvalue weighted by Crippen LogP contribution is 2.23. The zero-order valence-corrected chi connectivity index (χ0v) is 20.8. The second kappa shape index (κ2) is 11.7. The number of aromatic nitrogens is 2. The topological polar surface area (TPSA) is 77.7 Å². The van der Waals surface area contributed by atoms with Crippen LogP contribution in [0, 0.1) is 6.92 Å². The molecule has 0 radical (unpaired) electrons. The van der Waals surface area contributed by atoms with Crippen LogP contribution >= 0.6 is 0 Å². The number of nitrogens with zero attached hydrogens (tertiary/aromatic N) is 3. The number of benzene rings is 4. The van der Waals surface area contributed by atoms with Crippen molar-refractivity contribution in [1.82, 2.24) is 15.2 Å². The first-order chi connectivity index (χ1) is 18.7. The van der Waals surface area contributed by atoms with E-state index in [4.69, 9.17) is 14.6 Å². The van der Waals surface area contributed by atoms with Crippen LogP contribution in [-0.4, -0.2) is 28.2 Å². The van der Waals surface area contributed by atoms with Crippen molar-refractivity contribution < 1.29 is 14.3 Å². The summed E-state index contributed by atoms with van der Waals surface area (Å²) in [6.45, 7) is 2.04. The number of amides is 1. The number of rotatable bonds is 9. The van der Waals surface area contributed by atoms with E-state index in [9.17, 15) is 4.79 Å². The molecule has 188 valence electrons. The Morgan fingerprint density at radius 1 is 0.816 bits per heavy atom. The van der Waals surface area contributed by atoms with E-state index in [0.29, 0.717) is 11.5 Å². The van der Waals surface area contributed by atoms with Gasteiger partial charge in [0.25, 0.3) is 0 Å². The highest BCUT2D eigenvalue weighted by molar-refractivity contribution is 5.90. The number of hydrazone groups is 1. The van der Waals surface area contributed by atoms with Gasteiger partial charge in [0.05, 0.1) is 11.9 Å². The third kappa shape index (κ3) is 6.14. The van der Waals surface area contributed by atoms with E-state index in [-0.39, 0.29) is 0 Å². The van der Waals surface area contributed by atoms with Gasteiger partial charge in [-0.1, -0.05) is 84.4 Å². The van der Waals surface area contributed by atoms with Gasteiger partial charge in [-0.15, -0.1) is 0 Å². The molecule has 0 saturated carbocycles. The molecule has 1 aromatic heterocycles. The first-order valence-electron chi connectivity index (χ1n) is 12.1. The molecule has 1 heterocycles. The minimum Gasteiger partial charge on any atom is -0.446 e. The van der Waals surface area contributed by atoms with Gasteiger partial charge in [-0.3, -0.25) is 4.79 Å². The van der Waals surface area contributed by atoms with Crippen molar-refractivity contribution in [3.8, 4) is 28.4 Å². The average Bonchev–Trinajstić information content (AvgIpc) is 3.39. The van der Waals surface area contributed by atoms with Crippen LogP contribution < -0.4 is 14.9 Å². The summed E-state index contributed by atoms with van der Waals surface area (Å²) in [5.41, 5.74) is 7.04. The fourth-order valence-corrected chi connectivity index (χ4v) is 3.73. The minimum atomic E-state index is -1.25. The largest absolute Gasteiger partial charge is 0.446 e. The Morgan fingerprint density at radius 2 is 1.37 bits per heavy atom. The Kier molecular flexibility index (Phi) is 7.56. The Hall–Kier alpha value is -5.17. The lowest BCUT2D eigenvalue weighted by molar-refractivity contribution is -0.140. The minimum absolute atomic E-state index is 0.498. The van der Waals surface area contributed by atoms with E-state index in [2.05, 4.69) is 10.5 Å². The van der Waals surface area contributed by atoms with Gasteiger partial charge < -0.3 is 9.47 Å². The van der Waals surface area contributed by atoms with E-state index in [0.717, 1.165) is 28.1 Å².